The maximum atomic E-state index is 13.6. The first-order valence-electron chi connectivity index (χ1n) is 12.0. The molecule has 5 heteroatoms. The smallest absolute Gasteiger partial charge is 0.258 e. The average Bonchev–Trinajstić information content (AvgIpc) is 3.12. The highest BCUT2D eigenvalue weighted by Crippen LogP contribution is 2.44. The van der Waals surface area contributed by atoms with Crippen molar-refractivity contribution in [2.45, 2.75) is 60.3 Å². The van der Waals surface area contributed by atoms with Gasteiger partial charge in [0.2, 0.25) is 5.91 Å². The van der Waals surface area contributed by atoms with Crippen molar-refractivity contribution < 1.29 is 9.59 Å². The molecule has 1 aliphatic rings. The fraction of sp³-hybridized carbons (Fsp3) is 0.379. The van der Waals surface area contributed by atoms with E-state index in [2.05, 4.69) is 37.5 Å². The SMILES string of the molecule is Cc1ccc(NC(=O)c2c(NC(=O)Cc3ccccc3)sc3c2CCC(C(C)(C)C)C3)c(C)c1. The van der Waals surface area contributed by atoms with Gasteiger partial charge in [0.15, 0.2) is 0 Å². The van der Waals surface area contributed by atoms with Gasteiger partial charge in [0.05, 0.1) is 12.0 Å². The van der Waals surface area contributed by atoms with Gasteiger partial charge in [0.25, 0.3) is 5.91 Å². The van der Waals surface area contributed by atoms with E-state index in [0.29, 0.717) is 16.5 Å². The molecule has 34 heavy (non-hydrogen) atoms. The van der Waals surface area contributed by atoms with Crippen LogP contribution < -0.4 is 10.6 Å². The molecule has 0 spiro atoms. The van der Waals surface area contributed by atoms with Gasteiger partial charge in [-0.25, -0.2) is 0 Å². The van der Waals surface area contributed by atoms with E-state index < -0.39 is 0 Å². The third-order valence-electron chi connectivity index (χ3n) is 6.81. The molecule has 1 heterocycles. The quantitative estimate of drug-likeness (QED) is 0.420. The summed E-state index contributed by atoms with van der Waals surface area (Å²) in [6.45, 7) is 10.9. The lowest BCUT2D eigenvalue weighted by atomic mass is 9.72. The van der Waals surface area contributed by atoms with Gasteiger partial charge in [-0.05, 0) is 67.2 Å². The maximum Gasteiger partial charge on any atom is 0.258 e. The first-order valence-corrected chi connectivity index (χ1v) is 12.8. The van der Waals surface area contributed by atoms with Gasteiger partial charge in [-0.1, -0.05) is 68.8 Å². The fourth-order valence-corrected chi connectivity index (χ4v) is 6.09. The molecule has 2 amide bonds. The Kier molecular flexibility index (Phi) is 6.94. The number of hydrogen-bond donors (Lipinski definition) is 2. The molecule has 1 aliphatic carbocycles. The van der Waals surface area contributed by atoms with Crippen LogP contribution in [0, 0.1) is 25.2 Å². The monoisotopic (exact) mass is 474 g/mol. The summed E-state index contributed by atoms with van der Waals surface area (Å²) < 4.78 is 0. The Morgan fingerprint density at radius 1 is 1.03 bits per heavy atom. The van der Waals surface area contributed by atoms with Crippen LogP contribution in [0.15, 0.2) is 48.5 Å². The van der Waals surface area contributed by atoms with Crippen molar-refractivity contribution in [1.82, 2.24) is 0 Å². The minimum Gasteiger partial charge on any atom is -0.322 e. The summed E-state index contributed by atoms with van der Waals surface area (Å²) in [7, 11) is 0. The van der Waals surface area contributed by atoms with Crippen molar-refractivity contribution in [3.8, 4) is 0 Å². The molecule has 1 atom stereocenters. The van der Waals surface area contributed by atoms with E-state index in [-0.39, 0.29) is 23.7 Å². The number of aryl methyl sites for hydroxylation is 2. The largest absolute Gasteiger partial charge is 0.322 e. The number of carbonyl (C=O) groups excluding carboxylic acids is 2. The molecule has 1 unspecified atom stereocenters. The van der Waals surface area contributed by atoms with E-state index in [1.165, 1.54) is 4.88 Å². The van der Waals surface area contributed by atoms with Gasteiger partial charge in [0, 0.05) is 10.6 Å². The lowest BCUT2D eigenvalue weighted by Gasteiger charge is -2.33. The van der Waals surface area contributed by atoms with Gasteiger partial charge in [0.1, 0.15) is 5.00 Å². The summed E-state index contributed by atoms with van der Waals surface area (Å²) in [6.07, 6.45) is 3.14. The lowest BCUT2D eigenvalue weighted by Crippen LogP contribution is -2.27. The van der Waals surface area contributed by atoms with Crippen LogP contribution in [-0.2, 0) is 24.1 Å². The van der Waals surface area contributed by atoms with Crippen LogP contribution in [0.5, 0.6) is 0 Å². The Morgan fingerprint density at radius 3 is 2.44 bits per heavy atom. The number of benzene rings is 2. The Bertz CT molecular complexity index is 1200. The van der Waals surface area contributed by atoms with Crippen LogP contribution in [0.25, 0.3) is 0 Å². The van der Waals surface area contributed by atoms with Crippen LogP contribution in [0.4, 0.5) is 10.7 Å². The number of carbonyl (C=O) groups is 2. The number of rotatable bonds is 5. The molecule has 0 bridgehead atoms. The van der Waals surface area contributed by atoms with Crippen molar-refractivity contribution >= 4 is 33.8 Å². The third kappa shape index (κ3) is 5.41. The van der Waals surface area contributed by atoms with E-state index in [4.69, 9.17) is 0 Å². The van der Waals surface area contributed by atoms with Gasteiger partial charge >= 0.3 is 0 Å². The minimum absolute atomic E-state index is 0.0993. The standard InChI is InChI=1S/C29H34N2O2S/c1-18-11-14-23(19(2)15-18)30-27(33)26-22-13-12-21(29(3,4)5)17-24(22)34-28(26)31-25(32)16-20-9-7-6-8-10-20/h6-11,14-15,21H,12-13,16-17H2,1-5H3,(H,30,33)(H,31,32). The maximum absolute atomic E-state index is 13.6. The number of nitrogens with one attached hydrogen (secondary N) is 2. The Morgan fingerprint density at radius 2 is 1.76 bits per heavy atom. The van der Waals surface area contributed by atoms with Gasteiger partial charge in [-0.15, -0.1) is 11.3 Å². The third-order valence-corrected chi connectivity index (χ3v) is 7.98. The zero-order valence-electron chi connectivity index (χ0n) is 20.7. The lowest BCUT2D eigenvalue weighted by molar-refractivity contribution is -0.115. The molecule has 0 aliphatic heterocycles. The van der Waals surface area contributed by atoms with E-state index in [9.17, 15) is 9.59 Å². The first kappa shape index (κ1) is 24.2. The molecule has 0 saturated heterocycles. The molecule has 2 N–H and O–H groups in total. The second-order valence-electron chi connectivity index (χ2n) is 10.5. The molecular formula is C29H34N2O2S. The molecule has 0 saturated carbocycles. The molecule has 1 aromatic heterocycles. The zero-order chi connectivity index (χ0) is 24.5. The average molecular weight is 475 g/mol. The number of anilines is 2. The fourth-order valence-electron chi connectivity index (χ4n) is 4.74. The van der Waals surface area contributed by atoms with E-state index in [1.54, 1.807) is 11.3 Å². The predicted molar refractivity (Wildman–Crippen MR) is 142 cm³/mol. The second-order valence-corrected chi connectivity index (χ2v) is 11.6. The summed E-state index contributed by atoms with van der Waals surface area (Å²) in [5.41, 5.74) is 5.89. The highest BCUT2D eigenvalue weighted by molar-refractivity contribution is 7.17. The van der Waals surface area contributed by atoms with Crippen molar-refractivity contribution in [2.24, 2.45) is 11.3 Å². The van der Waals surface area contributed by atoms with E-state index >= 15 is 0 Å². The normalized spacial score (nSPS) is 15.5. The number of fused-ring (bicyclic) bond motifs is 1. The Labute approximate surface area is 206 Å². The van der Waals surface area contributed by atoms with Gasteiger partial charge in [-0.3, -0.25) is 9.59 Å². The molecule has 2 aromatic carbocycles. The summed E-state index contributed by atoms with van der Waals surface area (Å²) in [5.74, 6) is 0.313. The number of hydrogen-bond acceptors (Lipinski definition) is 3. The molecule has 4 rings (SSSR count). The summed E-state index contributed by atoms with van der Waals surface area (Å²) in [5, 5.41) is 6.86. The zero-order valence-corrected chi connectivity index (χ0v) is 21.6. The van der Waals surface area contributed by atoms with Crippen molar-refractivity contribution in [2.75, 3.05) is 10.6 Å². The van der Waals surface area contributed by atoms with Crippen LogP contribution >= 0.6 is 11.3 Å². The van der Waals surface area contributed by atoms with Crippen molar-refractivity contribution in [3.05, 3.63) is 81.2 Å². The highest BCUT2D eigenvalue weighted by atomic mass is 32.1. The molecule has 3 aromatic rings. The summed E-state index contributed by atoms with van der Waals surface area (Å²) in [4.78, 5) is 27.7. The molecule has 4 nitrogen and oxygen atoms in total. The Hall–Kier alpha value is -2.92. The van der Waals surface area contributed by atoms with Gasteiger partial charge in [-0.2, -0.15) is 0 Å². The second kappa shape index (κ2) is 9.75. The van der Waals surface area contributed by atoms with E-state index in [1.807, 2.05) is 56.3 Å². The van der Waals surface area contributed by atoms with Crippen molar-refractivity contribution in [1.29, 1.82) is 0 Å². The first-order chi connectivity index (χ1) is 16.1. The molecule has 0 radical (unpaired) electrons. The topological polar surface area (TPSA) is 58.2 Å². The van der Waals surface area contributed by atoms with Crippen LogP contribution in [-0.4, -0.2) is 11.8 Å². The Balaban J connectivity index is 1.64. The number of amides is 2. The molecular weight excluding hydrogens is 440 g/mol. The highest BCUT2D eigenvalue weighted by Gasteiger charge is 2.34. The van der Waals surface area contributed by atoms with E-state index in [0.717, 1.165) is 47.2 Å². The van der Waals surface area contributed by atoms with Crippen molar-refractivity contribution in [3.63, 3.8) is 0 Å². The summed E-state index contributed by atoms with van der Waals surface area (Å²) >= 11 is 1.57. The van der Waals surface area contributed by atoms with Crippen LogP contribution in [0.3, 0.4) is 0 Å². The minimum atomic E-state index is -0.145. The summed E-state index contributed by atoms with van der Waals surface area (Å²) in [6, 6.07) is 15.7. The van der Waals surface area contributed by atoms with Crippen LogP contribution in [0.2, 0.25) is 0 Å². The molecule has 0 fully saturated rings. The van der Waals surface area contributed by atoms with Gasteiger partial charge < -0.3 is 10.6 Å². The molecule has 178 valence electrons. The number of thiophene rings is 1. The predicted octanol–water partition coefficient (Wildman–Crippen LogP) is 6.95. The van der Waals surface area contributed by atoms with Crippen LogP contribution in [0.1, 0.15) is 64.7 Å².